The minimum Gasteiger partial charge on any atom is -0.493 e. The van der Waals surface area contributed by atoms with Gasteiger partial charge in [-0.15, -0.1) is 0 Å². The number of benzene rings is 1. The molecule has 1 aromatic carbocycles. The van der Waals surface area contributed by atoms with Crippen LogP contribution >= 0.6 is 0 Å². The molecular weight excluding hydrogens is 228 g/mol. The van der Waals surface area contributed by atoms with Crippen LogP contribution in [0, 0.1) is 11.3 Å². The molecule has 2 rings (SSSR count). The van der Waals surface area contributed by atoms with Crippen molar-refractivity contribution in [1.82, 2.24) is 0 Å². The molecule has 1 fully saturated rings. The molecule has 0 saturated heterocycles. The lowest BCUT2D eigenvalue weighted by molar-refractivity contribution is 0.128. The first-order valence-corrected chi connectivity index (χ1v) is 6.25. The molecule has 0 heterocycles. The highest BCUT2D eigenvalue weighted by Crippen LogP contribution is 2.31. The van der Waals surface area contributed by atoms with Crippen LogP contribution in [0.2, 0.25) is 0 Å². The maximum atomic E-state index is 8.91. The van der Waals surface area contributed by atoms with Crippen molar-refractivity contribution in [1.29, 1.82) is 5.26 Å². The average Bonchev–Trinajstić information content (AvgIpc) is 2.41. The fourth-order valence-corrected chi connectivity index (χ4v) is 2.27. The third-order valence-corrected chi connectivity index (χ3v) is 3.32. The molecule has 1 aliphatic carbocycles. The van der Waals surface area contributed by atoms with E-state index in [0.717, 1.165) is 25.7 Å². The van der Waals surface area contributed by atoms with E-state index in [2.05, 4.69) is 6.07 Å². The number of hydrogen-bond donors (Lipinski definition) is 1. The van der Waals surface area contributed by atoms with E-state index in [1.165, 1.54) is 0 Å². The molecule has 96 valence electrons. The summed E-state index contributed by atoms with van der Waals surface area (Å²) in [6, 6.07) is 7.34. The third kappa shape index (κ3) is 2.74. The molecule has 2 unspecified atom stereocenters. The number of nitrogens with two attached hydrogens (primary N) is 1. The number of nitrogens with zero attached hydrogens (tertiary/aromatic N) is 1. The molecule has 0 spiro atoms. The first-order chi connectivity index (χ1) is 8.74. The summed E-state index contributed by atoms with van der Waals surface area (Å²) < 4.78 is 11.2. The summed E-state index contributed by atoms with van der Waals surface area (Å²) in [5.74, 6) is 1.26. The largest absolute Gasteiger partial charge is 0.493 e. The van der Waals surface area contributed by atoms with Gasteiger partial charge in [-0.1, -0.05) is 6.42 Å². The number of ether oxygens (including phenoxy) is 2. The summed E-state index contributed by atoms with van der Waals surface area (Å²) >= 11 is 0. The topological polar surface area (TPSA) is 68.3 Å². The van der Waals surface area contributed by atoms with Crippen molar-refractivity contribution < 1.29 is 9.47 Å². The quantitative estimate of drug-likeness (QED) is 0.887. The lowest BCUT2D eigenvalue weighted by Gasteiger charge is -2.29. The van der Waals surface area contributed by atoms with Gasteiger partial charge < -0.3 is 15.2 Å². The normalized spacial score (nSPS) is 23.2. The van der Waals surface area contributed by atoms with Gasteiger partial charge in [0.2, 0.25) is 0 Å². The van der Waals surface area contributed by atoms with E-state index in [4.69, 9.17) is 20.5 Å². The Morgan fingerprint density at radius 3 is 2.72 bits per heavy atom. The molecular formula is C14H18N2O2. The van der Waals surface area contributed by atoms with Crippen molar-refractivity contribution >= 4 is 0 Å². The van der Waals surface area contributed by atoms with Crippen LogP contribution in [-0.4, -0.2) is 19.3 Å². The molecule has 0 amide bonds. The second-order valence-corrected chi connectivity index (χ2v) is 4.58. The van der Waals surface area contributed by atoms with E-state index in [1.807, 2.05) is 0 Å². The van der Waals surface area contributed by atoms with Gasteiger partial charge in [-0.2, -0.15) is 5.26 Å². The highest BCUT2D eigenvalue weighted by atomic mass is 16.5. The molecule has 0 aliphatic heterocycles. The van der Waals surface area contributed by atoms with Gasteiger partial charge >= 0.3 is 0 Å². The molecule has 0 aromatic heterocycles. The maximum absolute atomic E-state index is 8.91. The van der Waals surface area contributed by atoms with Crippen molar-refractivity contribution in [2.45, 2.75) is 37.8 Å². The van der Waals surface area contributed by atoms with Gasteiger partial charge in [0.1, 0.15) is 6.10 Å². The Morgan fingerprint density at radius 1 is 1.28 bits per heavy atom. The Hall–Kier alpha value is -1.73. The number of hydrogen-bond acceptors (Lipinski definition) is 4. The van der Waals surface area contributed by atoms with Crippen LogP contribution in [-0.2, 0) is 0 Å². The van der Waals surface area contributed by atoms with Crippen LogP contribution < -0.4 is 15.2 Å². The van der Waals surface area contributed by atoms with Gasteiger partial charge in [-0.25, -0.2) is 0 Å². The van der Waals surface area contributed by atoms with Crippen LogP contribution in [0.3, 0.4) is 0 Å². The molecule has 4 nitrogen and oxygen atoms in total. The molecule has 4 heteroatoms. The van der Waals surface area contributed by atoms with Gasteiger partial charge in [-0.3, -0.25) is 0 Å². The first kappa shape index (κ1) is 12.7. The lowest BCUT2D eigenvalue weighted by Crippen LogP contribution is -2.41. The lowest BCUT2D eigenvalue weighted by atomic mass is 9.93. The zero-order valence-electron chi connectivity index (χ0n) is 10.6. The Morgan fingerprint density at radius 2 is 2.06 bits per heavy atom. The fourth-order valence-electron chi connectivity index (χ4n) is 2.27. The van der Waals surface area contributed by atoms with Crippen molar-refractivity contribution in [3.8, 4) is 17.6 Å². The molecule has 1 aliphatic rings. The predicted molar refractivity (Wildman–Crippen MR) is 68.6 cm³/mol. The van der Waals surface area contributed by atoms with E-state index in [0.29, 0.717) is 17.1 Å². The van der Waals surface area contributed by atoms with Gasteiger partial charge in [-0.05, 0) is 31.4 Å². The van der Waals surface area contributed by atoms with E-state index in [9.17, 15) is 0 Å². The van der Waals surface area contributed by atoms with Crippen molar-refractivity contribution in [3.05, 3.63) is 23.8 Å². The van der Waals surface area contributed by atoms with Gasteiger partial charge in [0.25, 0.3) is 0 Å². The predicted octanol–water partition coefficient (Wildman–Crippen LogP) is 2.22. The molecule has 18 heavy (non-hydrogen) atoms. The van der Waals surface area contributed by atoms with Crippen LogP contribution in [0.1, 0.15) is 31.2 Å². The van der Waals surface area contributed by atoms with Crippen molar-refractivity contribution in [3.63, 3.8) is 0 Å². The summed E-state index contributed by atoms with van der Waals surface area (Å²) in [5.41, 5.74) is 6.62. The number of nitriles is 1. The maximum Gasteiger partial charge on any atom is 0.162 e. The minimum atomic E-state index is 0.0154. The van der Waals surface area contributed by atoms with Gasteiger partial charge in [0.15, 0.2) is 11.5 Å². The zero-order valence-corrected chi connectivity index (χ0v) is 10.6. The van der Waals surface area contributed by atoms with Crippen LogP contribution in [0.15, 0.2) is 18.2 Å². The van der Waals surface area contributed by atoms with Crippen molar-refractivity contribution in [2.75, 3.05) is 7.11 Å². The summed E-state index contributed by atoms with van der Waals surface area (Å²) in [6.07, 6.45) is 4.27. The Balaban J connectivity index is 2.18. The Bertz CT molecular complexity index is 454. The summed E-state index contributed by atoms with van der Waals surface area (Å²) in [5, 5.41) is 8.91. The highest BCUT2D eigenvalue weighted by molar-refractivity contribution is 5.46. The molecule has 2 N–H and O–H groups in total. The third-order valence-electron chi connectivity index (χ3n) is 3.32. The zero-order chi connectivity index (χ0) is 13.0. The van der Waals surface area contributed by atoms with E-state index >= 15 is 0 Å². The number of methoxy groups -OCH3 is 1. The SMILES string of the molecule is COc1ccc(C#N)cc1OC1CCCCC1N. The van der Waals surface area contributed by atoms with E-state index < -0.39 is 0 Å². The molecule has 1 saturated carbocycles. The van der Waals surface area contributed by atoms with Crippen molar-refractivity contribution in [2.24, 2.45) is 5.73 Å². The molecule has 0 radical (unpaired) electrons. The number of rotatable bonds is 3. The highest BCUT2D eigenvalue weighted by Gasteiger charge is 2.24. The first-order valence-electron chi connectivity index (χ1n) is 6.25. The Labute approximate surface area is 107 Å². The Kier molecular flexibility index (Phi) is 4.06. The average molecular weight is 246 g/mol. The van der Waals surface area contributed by atoms with Crippen LogP contribution in [0.4, 0.5) is 0 Å². The molecule has 1 aromatic rings. The second-order valence-electron chi connectivity index (χ2n) is 4.58. The summed E-state index contributed by atoms with van der Waals surface area (Å²) in [6.45, 7) is 0. The molecule has 0 bridgehead atoms. The standard InChI is InChI=1S/C14H18N2O2/c1-17-13-7-6-10(9-15)8-14(13)18-12-5-3-2-4-11(12)16/h6-8,11-12H,2-5,16H2,1H3. The van der Waals surface area contributed by atoms with E-state index in [1.54, 1.807) is 25.3 Å². The fraction of sp³-hybridized carbons (Fsp3) is 0.500. The second kappa shape index (κ2) is 5.74. The minimum absolute atomic E-state index is 0.0154. The monoisotopic (exact) mass is 246 g/mol. The summed E-state index contributed by atoms with van der Waals surface area (Å²) in [4.78, 5) is 0. The van der Waals surface area contributed by atoms with E-state index in [-0.39, 0.29) is 12.1 Å². The van der Waals surface area contributed by atoms with Crippen LogP contribution in [0.5, 0.6) is 11.5 Å². The smallest absolute Gasteiger partial charge is 0.162 e. The van der Waals surface area contributed by atoms with Crippen LogP contribution in [0.25, 0.3) is 0 Å². The van der Waals surface area contributed by atoms with Gasteiger partial charge in [0, 0.05) is 12.1 Å². The molecule has 2 atom stereocenters. The summed E-state index contributed by atoms with van der Waals surface area (Å²) in [7, 11) is 1.59. The van der Waals surface area contributed by atoms with Gasteiger partial charge in [0.05, 0.1) is 18.7 Å².